The number of amides is 7. The number of carbonyl (C=O) groups excluding carboxylic acids is 7. The Morgan fingerprint density at radius 3 is 2.22 bits per heavy atom. The molecule has 4 aliphatic rings. The zero-order chi connectivity index (χ0) is 53.9. The predicted octanol–water partition coefficient (Wildman–Crippen LogP) is 4.24. The number of benzene rings is 3. The number of nitrogens with zero attached hydrogens (tertiary/aromatic N) is 5. The highest BCUT2D eigenvalue weighted by Gasteiger charge is 2.46. The highest BCUT2D eigenvalue weighted by molar-refractivity contribution is 6.24. The molecule has 1 atom stereocenters. The summed E-state index contributed by atoms with van der Waals surface area (Å²) in [4.78, 5) is 113. The van der Waals surface area contributed by atoms with E-state index in [1.54, 1.807) is 6.07 Å². The molecule has 8 rings (SSSR count). The van der Waals surface area contributed by atoms with E-state index in [1.165, 1.54) is 18.2 Å². The molecule has 5 N–H and O–H groups in total. The van der Waals surface area contributed by atoms with Crippen LogP contribution in [0, 0.1) is 0 Å². The Balaban J connectivity index is 0.706. The number of anilines is 2. The number of H-pyrrole nitrogens is 1. The zero-order valence-corrected chi connectivity index (χ0v) is 42.4. The van der Waals surface area contributed by atoms with Gasteiger partial charge in [0.1, 0.15) is 11.8 Å². The monoisotopic (exact) mass is 1050 g/mol. The molecule has 1 unspecified atom stereocenters. The normalized spacial score (nSPS) is 17.6. The van der Waals surface area contributed by atoms with Gasteiger partial charge in [0.05, 0.1) is 33.6 Å². The van der Waals surface area contributed by atoms with Gasteiger partial charge in [-0.25, -0.2) is 0 Å². The van der Waals surface area contributed by atoms with E-state index in [0.717, 1.165) is 106 Å². The van der Waals surface area contributed by atoms with E-state index in [-0.39, 0.29) is 42.2 Å². The van der Waals surface area contributed by atoms with Crippen molar-refractivity contribution in [3.05, 3.63) is 111 Å². The number of aromatic amines is 1. The minimum absolute atomic E-state index is 0.00181. The van der Waals surface area contributed by atoms with Gasteiger partial charge in [-0.1, -0.05) is 49.6 Å². The Bertz CT molecular complexity index is 2880. The van der Waals surface area contributed by atoms with Crippen LogP contribution in [0.3, 0.4) is 0 Å². The molecule has 0 radical (unpaired) electrons. The summed E-state index contributed by atoms with van der Waals surface area (Å²) in [5.41, 5.74) is 0.900. The van der Waals surface area contributed by atoms with Crippen LogP contribution < -0.4 is 36.5 Å². The average molecular weight is 1050 g/mol. The van der Waals surface area contributed by atoms with Gasteiger partial charge in [-0.2, -0.15) is 13.2 Å². The molecule has 3 fully saturated rings. The van der Waals surface area contributed by atoms with Crippen molar-refractivity contribution >= 4 is 52.7 Å². The molecule has 22 heteroatoms. The van der Waals surface area contributed by atoms with Gasteiger partial charge in [0.25, 0.3) is 23.6 Å². The number of halogens is 3. The van der Waals surface area contributed by atoms with Crippen LogP contribution in [-0.4, -0.2) is 158 Å². The summed E-state index contributed by atoms with van der Waals surface area (Å²) < 4.78 is 47.4. The Morgan fingerprint density at radius 1 is 0.750 bits per heavy atom. The van der Waals surface area contributed by atoms with Gasteiger partial charge in [-0.3, -0.25) is 58.4 Å². The van der Waals surface area contributed by atoms with Crippen LogP contribution in [0.2, 0.25) is 0 Å². The molecule has 0 aliphatic carbocycles. The lowest BCUT2D eigenvalue weighted by Crippen LogP contribution is -2.54. The fourth-order valence-electron chi connectivity index (χ4n) is 9.91. The Labute approximate surface area is 437 Å². The third-order valence-corrected chi connectivity index (χ3v) is 14.1. The van der Waals surface area contributed by atoms with E-state index in [0.29, 0.717) is 56.6 Å². The molecular formula is C54H63F3N10O9. The second-order valence-corrected chi connectivity index (χ2v) is 19.5. The van der Waals surface area contributed by atoms with E-state index >= 15 is 0 Å². The highest BCUT2D eigenvalue weighted by atomic mass is 19.4. The van der Waals surface area contributed by atoms with Crippen LogP contribution in [-0.2, 0) is 31.9 Å². The summed E-state index contributed by atoms with van der Waals surface area (Å²) >= 11 is 0. The third kappa shape index (κ3) is 13.9. The molecule has 7 amide bonds. The number of hydrogen-bond donors (Lipinski definition) is 5. The summed E-state index contributed by atoms with van der Waals surface area (Å²) in [5.74, 6) is -3.87. The average Bonchev–Trinajstić information content (AvgIpc) is 3.67. The van der Waals surface area contributed by atoms with Crippen LogP contribution in [0.15, 0.2) is 77.7 Å². The minimum atomic E-state index is -4.91. The van der Waals surface area contributed by atoms with Crippen molar-refractivity contribution in [2.24, 2.45) is 0 Å². The van der Waals surface area contributed by atoms with Crippen LogP contribution in [0.5, 0.6) is 5.75 Å². The summed E-state index contributed by atoms with van der Waals surface area (Å²) in [6, 6.07) is 17.4. The van der Waals surface area contributed by atoms with Gasteiger partial charge >= 0.3 is 6.18 Å². The molecule has 3 aromatic carbocycles. The maximum atomic E-state index is 13.9. The molecule has 4 aliphatic heterocycles. The van der Waals surface area contributed by atoms with Gasteiger partial charge in [0.2, 0.25) is 23.3 Å². The number of piperidine rings is 1. The standard InChI is InChI=1S/C54H63F3N10O9/c1-63-21-27-66(28-22-63)42-15-14-37(30-41(42)61-50(72)39-32-60-47(70)31-40(39)54(55,56)57)36-10-7-9-35(29-36)33-65-25-23-64(24-26-65)20-19-59-45(68)13-5-3-2-4-6-18-58-48(71)34-76-44-12-8-11-38-49(44)53(75)67(52(38)74)43-16-17-46(69)62-51(43)73/h7-12,14-15,29-32,43H,2-6,13,16-28,33-34H2,1H3,(H,58,71)(H,59,68)(H,60,70)(H,61,72)(H,62,69,73). The topological polar surface area (TPSA) is 226 Å². The number of nitrogens with one attached hydrogen (secondary N) is 5. The fourth-order valence-corrected chi connectivity index (χ4v) is 9.91. The van der Waals surface area contributed by atoms with Crippen molar-refractivity contribution < 1.29 is 51.5 Å². The zero-order valence-electron chi connectivity index (χ0n) is 42.4. The molecule has 1 aromatic heterocycles. The first-order valence-electron chi connectivity index (χ1n) is 25.8. The number of rotatable bonds is 21. The fraction of sp³-hybridized carbons (Fsp3) is 0.444. The second-order valence-electron chi connectivity index (χ2n) is 19.5. The van der Waals surface area contributed by atoms with E-state index in [1.807, 2.05) is 31.3 Å². The quantitative estimate of drug-likeness (QED) is 0.0583. The predicted molar refractivity (Wildman–Crippen MR) is 276 cm³/mol. The van der Waals surface area contributed by atoms with Crippen molar-refractivity contribution in [2.45, 2.75) is 70.1 Å². The van der Waals surface area contributed by atoms with Crippen LogP contribution >= 0.6 is 0 Å². The summed E-state index contributed by atoms with van der Waals surface area (Å²) in [7, 11) is 2.02. The molecule has 0 bridgehead atoms. The number of imide groups is 2. The maximum absolute atomic E-state index is 13.9. The van der Waals surface area contributed by atoms with Gasteiger partial charge in [-0.15, -0.1) is 0 Å². The van der Waals surface area contributed by atoms with Gasteiger partial charge < -0.3 is 35.5 Å². The molecule has 3 saturated heterocycles. The lowest BCUT2D eigenvalue weighted by atomic mass is 10.0. The SMILES string of the molecule is CN1CCN(c2ccc(-c3cccc(CN4CCN(CCNC(=O)CCCCCCCNC(=O)COc5cccc6c5C(=O)N(C5CCC(=O)NC5=O)C6=O)CC4)c3)cc2NC(=O)c2c[nH]c(=O)cc2C(F)(F)F)CC1. The van der Waals surface area contributed by atoms with Crippen molar-refractivity contribution in [3.8, 4) is 16.9 Å². The second kappa shape index (κ2) is 24.9. The number of unbranched alkanes of at least 4 members (excludes halogenated alkanes) is 4. The highest BCUT2D eigenvalue weighted by Crippen LogP contribution is 2.36. The molecule has 0 spiro atoms. The maximum Gasteiger partial charge on any atom is 0.417 e. The molecule has 404 valence electrons. The molecule has 5 heterocycles. The Kier molecular flexibility index (Phi) is 18.0. The minimum Gasteiger partial charge on any atom is -0.483 e. The summed E-state index contributed by atoms with van der Waals surface area (Å²) in [5, 5.41) is 10.7. The lowest BCUT2D eigenvalue weighted by molar-refractivity contribution is -0.138. The van der Waals surface area contributed by atoms with E-state index in [4.69, 9.17) is 4.74 Å². The number of piperazine rings is 2. The largest absolute Gasteiger partial charge is 0.483 e. The van der Waals surface area contributed by atoms with Crippen molar-refractivity contribution in [3.63, 3.8) is 0 Å². The molecule has 0 saturated carbocycles. The molecule has 4 aromatic rings. The first-order valence-corrected chi connectivity index (χ1v) is 25.8. The number of likely N-dealkylation sites (N-methyl/N-ethyl adjacent to an activating group) is 1. The number of carbonyl (C=O) groups is 7. The molecular weight excluding hydrogens is 990 g/mol. The first kappa shape index (κ1) is 54.8. The number of aromatic nitrogens is 1. The van der Waals surface area contributed by atoms with Gasteiger partial charge in [0.15, 0.2) is 6.61 Å². The number of alkyl halides is 3. The van der Waals surface area contributed by atoms with Crippen LogP contribution in [0.4, 0.5) is 24.5 Å². The number of hydrogen-bond acceptors (Lipinski definition) is 13. The van der Waals surface area contributed by atoms with E-state index < -0.39 is 64.3 Å². The summed E-state index contributed by atoms with van der Waals surface area (Å²) in [6.07, 6.45) is 0.448. The first-order chi connectivity index (χ1) is 36.5. The summed E-state index contributed by atoms with van der Waals surface area (Å²) in [6.45, 7) is 8.28. The Morgan fingerprint density at radius 2 is 1.46 bits per heavy atom. The van der Waals surface area contributed by atoms with Gasteiger partial charge in [0, 0.05) is 104 Å². The van der Waals surface area contributed by atoms with E-state index in [9.17, 15) is 51.5 Å². The molecule has 19 nitrogen and oxygen atoms in total. The number of fused-ring (bicyclic) bond motifs is 1. The van der Waals surface area contributed by atoms with Crippen molar-refractivity contribution in [1.82, 2.24) is 40.5 Å². The lowest BCUT2D eigenvalue weighted by Gasteiger charge is -2.35. The smallest absolute Gasteiger partial charge is 0.417 e. The van der Waals surface area contributed by atoms with Crippen molar-refractivity contribution in [2.75, 3.05) is 95.9 Å². The van der Waals surface area contributed by atoms with Gasteiger partial charge in [-0.05, 0) is 73.3 Å². The number of pyridine rings is 1. The Hall–Kier alpha value is -7.43. The molecule has 76 heavy (non-hydrogen) atoms. The third-order valence-electron chi connectivity index (χ3n) is 14.1. The van der Waals surface area contributed by atoms with Crippen LogP contribution in [0.25, 0.3) is 11.1 Å². The van der Waals surface area contributed by atoms with Crippen molar-refractivity contribution in [1.29, 1.82) is 0 Å². The number of ether oxygens (including phenoxy) is 1. The van der Waals surface area contributed by atoms with Crippen LogP contribution in [0.1, 0.15) is 93.6 Å². The van der Waals surface area contributed by atoms with E-state index in [2.05, 4.69) is 58.0 Å².